The van der Waals surface area contributed by atoms with Crippen molar-refractivity contribution < 1.29 is 9.53 Å². The SMILES string of the molecule is CNC(=O)c1sc(N2CCOC(C)(C)C2)c(SC)c1N. The minimum absolute atomic E-state index is 0.124. The number of nitrogens with one attached hydrogen (secondary N) is 1. The zero-order valence-electron chi connectivity index (χ0n) is 12.3. The summed E-state index contributed by atoms with van der Waals surface area (Å²) in [4.78, 5) is 15.7. The number of hydrogen-bond acceptors (Lipinski definition) is 6. The molecule has 1 aromatic heterocycles. The summed E-state index contributed by atoms with van der Waals surface area (Å²) < 4.78 is 5.74. The van der Waals surface area contributed by atoms with Gasteiger partial charge in [-0.25, -0.2) is 0 Å². The summed E-state index contributed by atoms with van der Waals surface area (Å²) in [6.07, 6.45) is 1.99. The van der Waals surface area contributed by atoms with E-state index in [1.54, 1.807) is 18.8 Å². The van der Waals surface area contributed by atoms with E-state index >= 15 is 0 Å². The van der Waals surface area contributed by atoms with Crippen LogP contribution in [0.1, 0.15) is 23.5 Å². The minimum Gasteiger partial charge on any atom is -0.396 e. The predicted molar refractivity (Wildman–Crippen MR) is 86.1 cm³/mol. The summed E-state index contributed by atoms with van der Waals surface area (Å²) in [6.45, 7) is 6.47. The molecule has 20 heavy (non-hydrogen) atoms. The number of thioether (sulfide) groups is 1. The lowest BCUT2D eigenvalue weighted by Crippen LogP contribution is -2.48. The smallest absolute Gasteiger partial charge is 0.263 e. The quantitative estimate of drug-likeness (QED) is 0.835. The minimum atomic E-state index is -0.181. The van der Waals surface area contributed by atoms with Gasteiger partial charge in [0.2, 0.25) is 0 Å². The summed E-state index contributed by atoms with van der Waals surface area (Å²) in [5.41, 5.74) is 6.54. The second kappa shape index (κ2) is 5.83. The van der Waals surface area contributed by atoms with E-state index in [4.69, 9.17) is 10.5 Å². The van der Waals surface area contributed by atoms with Crippen molar-refractivity contribution in [3.8, 4) is 0 Å². The van der Waals surface area contributed by atoms with Gasteiger partial charge in [0, 0.05) is 20.1 Å². The van der Waals surface area contributed by atoms with Gasteiger partial charge in [-0.1, -0.05) is 0 Å². The molecule has 1 saturated heterocycles. The lowest BCUT2D eigenvalue weighted by atomic mass is 10.1. The maximum atomic E-state index is 11.9. The molecule has 5 nitrogen and oxygen atoms in total. The van der Waals surface area contributed by atoms with Crippen LogP contribution in [0.3, 0.4) is 0 Å². The van der Waals surface area contributed by atoms with Crippen molar-refractivity contribution in [2.75, 3.05) is 43.6 Å². The molecule has 0 spiro atoms. The Balaban J connectivity index is 2.38. The van der Waals surface area contributed by atoms with Gasteiger partial charge in [0.15, 0.2) is 0 Å². The first kappa shape index (κ1) is 15.5. The third-order valence-corrected chi connectivity index (χ3v) is 5.45. The third-order valence-electron chi connectivity index (χ3n) is 3.23. The molecule has 2 rings (SSSR count). The van der Waals surface area contributed by atoms with Crippen molar-refractivity contribution in [3.05, 3.63) is 4.88 Å². The number of morpholine rings is 1. The van der Waals surface area contributed by atoms with Gasteiger partial charge in [0.05, 0.1) is 22.8 Å². The van der Waals surface area contributed by atoms with Gasteiger partial charge in [0.1, 0.15) is 9.88 Å². The number of thiophene rings is 1. The molecule has 0 aromatic carbocycles. The Kier molecular flexibility index (Phi) is 4.51. The second-order valence-electron chi connectivity index (χ2n) is 5.29. The van der Waals surface area contributed by atoms with Crippen LogP contribution < -0.4 is 16.0 Å². The molecule has 0 aliphatic carbocycles. The third kappa shape index (κ3) is 2.89. The van der Waals surface area contributed by atoms with Crippen molar-refractivity contribution in [2.24, 2.45) is 0 Å². The highest BCUT2D eigenvalue weighted by Crippen LogP contribution is 2.44. The molecule has 3 N–H and O–H groups in total. The summed E-state index contributed by atoms with van der Waals surface area (Å²) in [5.74, 6) is -0.124. The fourth-order valence-corrected chi connectivity index (χ4v) is 4.45. The van der Waals surface area contributed by atoms with E-state index in [0.29, 0.717) is 17.2 Å². The predicted octanol–water partition coefficient (Wildman–Crippen LogP) is 2.03. The second-order valence-corrected chi connectivity index (χ2v) is 7.11. The Hall–Kier alpha value is -0.920. The van der Waals surface area contributed by atoms with Gasteiger partial charge in [-0.05, 0) is 20.1 Å². The molecular formula is C13H21N3O2S2. The van der Waals surface area contributed by atoms with E-state index < -0.39 is 0 Å². The van der Waals surface area contributed by atoms with Crippen molar-refractivity contribution in [2.45, 2.75) is 24.3 Å². The van der Waals surface area contributed by atoms with Crippen LogP contribution in [0.5, 0.6) is 0 Å². The van der Waals surface area contributed by atoms with Crippen LogP contribution in [0, 0.1) is 0 Å². The van der Waals surface area contributed by atoms with E-state index in [1.165, 1.54) is 11.3 Å². The maximum absolute atomic E-state index is 11.9. The Morgan fingerprint density at radius 3 is 2.80 bits per heavy atom. The van der Waals surface area contributed by atoms with Crippen LogP contribution in [0.15, 0.2) is 4.90 Å². The van der Waals surface area contributed by atoms with Crippen molar-refractivity contribution in [1.82, 2.24) is 5.32 Å². The standard InChI is InChI=1S/C13H21N3O2S2/c1-13(2)7-16(5-6-18-13)12-10(19-4)8(14)9(20-12)11(17)15-3/h5-7,14H2,1-4H3,(H,15,17). The molecular weight excluding hydrogens is 294 g/mol. The summed E-state index contributed by atoms with van der Waals surface area (Å²) in [6, 6.07) is 0. The van der Waals surface area contributed by atoms with Gasteiger partial charge in [-0.15, -0.1) is 23.1 Å². The van der Waals surface area contributed by atoms with Crippen molar-refractivity contribution in [1.29, 1.82) is 0 Å². The van der Waals surface area contributed by atoms with Crippen molar-refractivity contribution in [3.63, 3.8) is 0 Å². The Morgan fingerprint density at radius 1 is 1.55 bits per heavy atom. The van der Waals surface area contributed by atoms with Gasteiger partial charge >= 0.3 is 0 Å². The molecule has 1 aliphatic heterocycles. The molecule has 112 valence electrons. The number of hydrogen-bond donors (Lipinski definition) is 2. The molecule has 0 atom stereocenters. The molecule has 0 saturated carbocycles. The monoisotopic (exact) mass is 315 g/mol. The molecule has 0 unspecified atom stereocenters. The van der Waals surface area contributed by atoms with Crippen LogP contribution in [-0.4, -0.2) is 44.5 Å². The fraction of sp³-hybridized carbons (Fsp3) is 0.615. The van der Waals surface area contributed by atoms with E-state index in [1.807, 2.05) is 6.26 Å². The molecule has 7 heteroatoms. The van der Waals surface area contributed by atoms with Crippen LogP contribution in [-0.2, 0) is 4.74 Å². The van der Waals surface area contributed by atoms with Crippen LogP contribution in [0.4, 0.5) is 10.7 Å². The van der Waals surface area contributed by atoms with Gasteiger partial charge in [0.25, 0.3) is 5.91 Å². The number of amides is 1. The van der Waals surface area contributed by atoms with Gasteiger partial charge in [-0.3, -0.25) is 4.79 Å². The van der Waals surface area contributed by atoms with E-state index in [-0.39, 0.29) is 11.5 Å². The summed E-state index contributed by atoms with van der Waals surface area (Å²) >= 11 is 3.05. The summed E-state index contributed by atoms with van der Waals surface area (Å²) in [5, 5.41) is 3.72. The summed E-state index contributed by atoms with van der Waals surface area (Å²) in [7, 11) is 1.62. The molecule has 1 fully saturated rings. The first-order valence-corrected chi connectivity index (χ1v) is 8.51. The highest BCUT2D eigenvalue weighted by Gasteiger charge is 2.31. The van der Waals surface area contributed by atoms with Crippen LogP contribution in [0.25, 0.3) is 0 Å². The van der Waals surface area contributed by atoms with E-state index in [0.717, 1.165) is 23.0 Å². The molecule has 1 aliphatic rings. The first-order chi connectivity index (χ1) is 9.39. The number of rotatable bonds is 3. The lowest BCUT2D eigenvalue weighted by Gasteiger charge is -2.39. The molecule has 0 bridgehead atoms. The highest BCUT2D eigenvalue weighted by atomic mass is 32.2. The largest absolute Gasteiger partial charge is 0.396 e. The van der Waals surface area contributed by atoms with E-state index in [2.05, 4.69) is 24.1 Å². The molecule has 1 aromatic rings. The fourth-order valence-electron chi connectivity index (χ4n) is 2.29. The lowest BCUT2D eigenvalue weighted by molar-refractivity contribution is -0.0276. The number of nitrogens with zero attached hydrogens (tertiary/aromatic N) is 1. The number of carbonyl (C=O) groups is 1. The van der Waals surface area contributed by atoms with Gasteiger partial charge < -0.3 is 20.7 Å². The number of nitrogens with two attached hydrogens (primary N) is 1. The van der Waals surface area contributed by atoms with Crippen LogP contribution in [0.2, 0.25) is 0 Å². The normalized spacial score (nSPS) is 18.1. The number of anilines is 2. The average Bonchev–Trinajstić information content (AvgIpc) is 2.73. The maximum Gasteiger partial charge on any atom is 0.263 e. The highest BCUT2D eigenvalue weighted by molar-refractivity contribution is 7.99. The molecule has 1 amide bonds. The Bertz CT molecular complexity index is 514. The Labute approximate surface area is 127 Å². The first-order valence-electron chi connectivity index (χ1n) is 6.47. The van der Waals surface area contributed by atoms with Crippen LogP contribution >= 0.6 is 23.1 Å². The Morgan fingerprint density at radius 2 is 2.25 bits per heavy atom. The molecule has 0 radical (unpaired) electrons. The topological polar surface area (TPSA) is 67.6 Å². The zero-order chi connectivity index (χ0) is 14.9. The number of nitrogen functional groups attached to an aromatic ring is 1. The molecule has 2 heterocycles. The number of ether oxygens (including phenoxy) is 1. The average molecular weight is 315 g/mol. The number of carbonyl (C=O) groups excluding carboxylic acids is 1. The van der Waals surface area contributed by atoms with Crippen molar-refractivity contribution >= 4 is 39.7 Å². The zero-order valence-corrected chi connectivity index (χ0v) is 13.9. The van der Waals surface area contributed by atoms with E-state index in [9.17, 15) is 4.79 Å². The van der Waals surface area contributed by atoms with Gasteiger partial charge in [-0.2, -0.15) is 0 Å².